The molecule has 0 saturated heterocycles. The van der Waals surface area contributed by atoms with Gasteiger partial charge in [-0.1, -0.05) is 61.9 Å². The third kappa shape index (κ3) is 6.95. The molecular weight excluding hydrogens is 356 g/mol. The second-order valence-corrected chi connectivity index (χ2v) is 7.45. The third-order valence-corrected chi connectivity index (χ3v) is 5.06. The normalized spacial score (nSPS) is 10.8. The first-order valence-electron chi connectivity index (χ1n) is 10.6. The average molecular weight is 389 g/mol. The summed E-state index contributed by atoms with van der Waals surface area (Å²) in [5, 5.41) is 3.56. The van der Waals surface area contributed by atoms with Crippen LogP contribution in [-0.4, -0.2) is 13.1 Å². The van der Waals surface area contributed by atoms with Gasteiger partial charge in [0.15, 0.2) is 0 Å². The van der Waals surface area contributed by atoms with Crippen molar-refractivity contribution in [2.24, 2.45) is 0 Å². The van der Waals surface area contributed by atoms with Crippen molar-refractivity contribution in [3.63, 3.8) is 0 Å². The summed E-state index contributed by atoms with van der Waals surface area (Å²) in [6.07, 6.45) is 4.25. The lowest BCUT2D eigenvalue weighted by Crippen LogP contribution is -2.20. The fraction of sp³-hybridized carbons (Fsp3) is 0.308. The van der Waals surface area contributed by atoms with Crippen LogP contribution in [-0.2, 0) is 25.9 Å². The molecule has 0 aliphatic heterocycles. The molecule has 3 N–H and O–H groups in total. The van der Waals surface area contributed by atoms with Crippen LogP contribution in [0.25, 0.3) is 0 Å². The highest BCUT2D eigenvalue weighted by molar-refractivity contribution is 5.40. The topological polar surface area (TPSA) is 47.3 Å². The molecule has 0 aliphatic carbocycles. The molecule has 0 aromatic heterocycles. The number of anilines is 1. The van der Waals surface area contributed by atoms with Crippen LogP contribution in [0.3, 0.4) is 0 Å². The van der Waals surface area contributed by atoms with Crippen LogP contribution in [0.1, 0.15) is 35.6 Å². The highest BCUT2D eigenvalue weighted by Gasteiger charge is 2.05. The van der Waals surface area contributed by atoms with E-state index in [-0.39, 0.29) is 0 Å². The molecule has 3 nitrogen and oxygen atoms in total. The van der Waals surface area contributed by atoms with Crippen molar-refractivity contribution in [1.29, 1.82) is 0 Å². The van der Waals surface area contributed by atoms with Crippen LogP contribution >= 0.6 is 0 Å². The van der Waals surface area contributed by atoms with Gasteiger partial charge in [-0.05, 0) is 78.9 Å². The van der Waals surface area contributed by atoms with Gasteiger partial charge in [-0.15, -0.1) is 0 Å². The molecule has 0 radical (unpaired) electrons. The quantitative estimate of drug-likeness (QED) is 0.352. The fourth-order valence-corrected chi connectivity index (χ4v) is 3.51. The number of nitrogens with one attached hydrogen (secondary N) is 1. The summed E-state index contributed by atoms with van der Waals surface area (Å²) in [5.74, 6) is 0.954. The highest BCUT2D eigenvalue weighted by Crippen LogP contribution is 2.21. The number of ether oxygens (including phenoxy) is 1. The van der Waals surface area contributed by atoms with Crippen LogP contribution in [0.15, 0.2) is 72.8 Å². The van der Waals surface area contributed by atoms with E-state index in [2.05, 4.69) is 54.7 Å². The Hall–Kier alpha value is -2.78. The number of hydrogen-bond acceptors (Lipinski definition) is 3. The van der Waals surface area contributed by atoms with Crippen LogP contribution in [0.4, 0.5) is 5.69 Å². The molecule has 0 aliphatic rings. The third-order valence-electron chi connectivity index (χ3n) is 5.06. The van der Waals surface area contributed by atoms with E-state index in [1.165, 1.54) is 22.3 Å². The minimum atomic E-state index is 0.608. The van der Waals surface area contributed by atoms with Crippen LogP contribution in [0, 0.1) is 0 Å². The molecule has 0 heterocycles. The summed E-state index contributed by atoms with van der Waals surface area (Å²) in [6.45, 7) is 4.77. The van der Waals surface area contributed by atoms with Gasteiger partial charge < -0.3 is 15.8 Å². The smallest absolute Gasteiger partial charge is 0.120 e. The maximum atomic E-state index is 6.01. The van der Waals surface area contributed by atoms with Gasteiger partial charge >= 0.3 is 0 Å². The van der Waals surface area contributed by atoms with Crippen molar-refractivity contribution in [3.8, 4) is 5.75 Å². The monoisotopic (exact) mass is 388 g/mol. The molecule has 0 fully saturated rings. The maximum Gasteiger partial charge on any atom is 0.120 e. The van der Waals surface area contributed by atoms with E-state index < -0.39 is 0 Å². The molecule has 3 aromatic carbocycles. The molecule has 0 bridgehead atoms. The predicted octanol–water partition coefficient (Wildman–Crippen LogP) is 5.18. The zero-order valence-electron chi connectivity index (χ0n) is 17.4. The van der Waals surface area contributed by atoms with Gasteiger partial charge in [-0.2, -0.15) is 0 Å². The van der Waals surface area contributed by atoms with E-state index in [0.717, 1.165) is 50.2 Å². The van der Waals surface area contributed by atoms with E-state index in [9.17, 15) is 0 Å². The minimum absolute atomic E-state index is 0.608. The number of benzene rings is 3. The molecule has 0 spiro atoms. The fourth-order valence-electron chi connectivity index (χ4n) is 3.51. The van der Waals surface area contributed by atoms with Gasteiger partial charge in [-0.3, -0.25) is 0 Å². The molecule has 29 heavy (non-hydrogen) atoms. The van der Waals surface area contributed by atoms with Crippen LogP contribution in [0.5, 0.6) is 5.75 Å². The molecule has 0 unspecified atom stereocenters. The van der Waals surface area contributed by atoms with Crippen molar-refractivity contribution in [2.45, 2.75) is 39.2 Å². The Balaban J connectivity index is 1.49. The minimum Gasteiger partial charge on any atom is -0.489 e. The van der Waals surface area contributed by atoms with Gasteiger partial charge in [0.25, 0.3) is 0 Å². The summed E-state index contributed by atoms with van der Waals surface area (Å²) in [6, 6.07) is 25.0. The summed E-state index contributed by atoms with van der Waals surface area (Å²) < 4.78 is 6.01. The SMILES string of the molecule is CCCc1cc(OCc2ccccc2)ccc1CCNCCc1cccc(N)c1. The highest BCUT2D eigenvalue weighted by atomic mass is 16.5. The lowest BCUT2D eigenvalue weighted by molar-refractivity contribution is 0.306. The standard InChI is InChI=1S/C26H32N2O/c1-2-7-24-19-26(29-20-22-8-4-3-5-9-22)13-12-23(24)15-17-28-16-14-21-10-6-11-25(27)18-21/h3-6,8-13,18-19,28H,2,7,14-17,20,27H2,1H3. The Morgan fingerprint density at radius 3 is 2.34 bits per heavy atom. The predicted molar refractivity (Wildman–Crippen MR) is 122 cm³/mol. The van der Waals surface area contributed by atoms with Crippen molar-refractivity contribution in [1.82, 2.24) is 5.32 Å². The number of nitrogens with two attached hydrogens (primary N) is 1. The zero-order chi connectivity index (χ0) is 20.3. The first kappa shape index (κ1) is 20.9. The lowest BCUT2D eigenvalue weighted by Gasteiger charge is -2.13. The van der Waals surface area contributed by atoms with Gasteiger partial charge in [0.1, 0.15) is 12.4 Å². The van der Waals surface area contributed by atoms with Crippen molar-refractivity contribution >= 4 is 5.69 Å². The van der Waals surface area contributed by atoms with E-state index in [1.807, 2.05) is 30.3 Å². The van der Waals surface area contributed by atoms with Gasteiger partial charge in [-0.25, -0.2) is 0 Å². The van der Waals surface area contributed by atoms with E-state index >= 15 is 0 Å². The van der Waals surface area contributed by atoms with E-state index in [4.69, 9.17) is 10.5 Å². The maximum absolute atomic E-state index is 6.01. The first-order valence-corrected chi connectivity index (χ1v) is 10.6. The van der Waals surface area contributed by atoms with Crippen LogP contribution < -0.4 is 15.8 Å². The number of nitrogen functional groups attached to an aromatic ring is 1. The Bertz CT molecular complexity index is 877. The Morgan fingerprint density at radius 2 is 1.55 bits per heavy atom. The summed E-state index contributed by atoms with van der Waals surface area (Å²) in [5.41, 5.74) is 12.0. The molecule has 0 atom stereocenters. The largest absolute Gasteiger partial charge is 0.489 e. The summed E-state index contributed by atoms with van der Waals surface area (Å²) in [7, 11) is 0. The molecule has 3 heteroatoms. The lowest BCUT2D eigenvalue weighted by atomic mass is 10.00. The number of hydrogen-bond donors (Lipinski definition) is 2. The van der Waals surface area contributed by atoms with E-state index in [1.54, 1.807) is 0 Å². The molecule has 0 saturated carbocycles. The molecule has 3 aromatic rings. The molecule has 0 amide bonds. The first-order chi connectivity index (χ1) is 14.2. The van der Waals surface area contributed by atoms with Crippen molar-refractivity contribution < 1.29 is 4.74 Å². The van der Waals surface area contributed by atoms with E-state index in [0.29, 0.717) is 6.61 Å². The van der Waals surface area contributed by atoms with Crippen molar-refractivity contribution in [3.05, 3.63) is 95.1 Å². The summed E-state index contributed by atoms with van der Waals surface area (Å²) in [4.78, 5) is 0. The second-order valence-electron chi connectivity index (χ2n) is 7.45. The average Bonchev–Trinajstić information content (AvgIpc) is 2.74. The molecule has 3 rings (SSSR count). The molecular formula is C26H32N2O. The Morgan fingerprint density at radius 1 is 0.759 bits per heavy atom. The van der Waals surface area contributed by atoms with Crippen LogP contribution in [0.2, 0.25) is 0 Å². The van der Waals surface area contributed by atoms with Gasteiger partial charge in [0, 0.05) is 5.69 Å². The number of rotatable bonds is 11. The Labute approximate surface area is 174 Å². The second kappa shape index (κ2) is 11.3. The molecule has 152 valence electrons. The van der Waals surface area contributed by atoms with Gasteiger partial charge in [0.2, 0.25) is 0 Å². The van der Waals surface area contributed by atoms with Gasteiger partial charge in [0.05, 0.1) is 0 Å². The van der Waals surface area contributed by atoms with Crippen molar-refractivity contribution in [2.75, 3.05) is 18.8 Å². The number of aryl methyl sites for hydroxylation is 1. The Kier molecular flexibility index (Phi) is 8.14. The summed E-state index contributed by atoms with van der Waals surface area (Å²) >= 11 is 0. The zero-order valence-corrected chi connectivity index (χ0v) is 17.4.